The number of thioether (sulfide) groups is 1. The summed E-state index contributed by atoms with van der Waals surface area (Å²) < 4.78 is 5.96. The molecule has 0 N–H and O–H groups in total. The fourth-order valence-corrected chi connectivity index (χ4v) is 4.73. The standard InChI is InChI=1S/C25H22Cl2N2O2S/c1-15(2)14-29-24(30)23(32-25(29)28-18-7-4-16(3)5-8-18)13-19-9-11-22(31-19)20-10-6-17(26)12-21(20)27/h4-13,15H,14H2,1-3H3/b23-13+,28-25?. The highest BCUT2D eigenvalue weighted by Crippen LogP contribution is 2.36. The van der Waals surface area contributed by atoms with E-state index in [-0.39, 0.29) is 5.91 Å². The van der Waals surface area contributed by atoms with Gasteiger partial charge in [0.2, 0.25) is 0 Å². The van der Waals surface area contributed by atoms with Crippen LogP contribution in [0, 0.1) is 12.8 Å². The monoisotopic (exact) mass is 484 g/mol. The molecule has 1 fully saturated rings. The maximum absolute atomic E-state index is 13.1. The van der Waals surface area contributed by atoms with Gasteiger partial charge in [-0.05, 0) is 67.1 Å². The number of aryl methyl sites for hydroxylation is 1. The van der Waals surface area contributed by atoms with E-state index in [1.165, 1.54) is 11.8 Å². The first-order valence-electron chi connectivity index (χ1n) is 10.2. The first-order valence-corrected chi connectivity index (χ1v) is 11.8. The predicted octanol–water partition coefficient (Wildman–Crippen LogP) is 7.82. The van der Waals surface area contributed by atoms with Crippen molar-refractivity contribution < 1.29 is 9.21 Å². The number of carbonyl (C=O) groups excluding carboxylic acids is 1. The van der Waals surface area contributed by atoms with Crippen molar-refractivity contribution in [2.45, 2.75) is 20.8 Å². The normalized spacial score (nSPS) is 16.7. The lowest BCUT2D eigenvalue weighted by atomic mass is 10.2. The van der Waals surface area contributed by atoms with Gasteiger partial charge in [0.25, 0.3) is 5.91 Å². The molecule has 164 valence electrons. The Hall–Kier alpha value is -2.47. The first-order chi connectivity index (χ1) is 15.3. The number of furan rings is 1. The zero-order chi connectivity index (χ0) is 22.8. The second kappa shape index (κ2) is 9.57. The molecule has 4 rings (SSSR count). The summed E-state index contributed by atoms with van der Waals surface area (Å²) in [5.74, 6) is 1.42. The molecule has 0 radical (unpaired) electrons. The molecule has 32 heavy (non-hydrogen) atoms. The van der Waals surface area contributed by atoms with Gasteiger partial charge in [0.1, 0.15) is 11.5 Å². The third-order valence-electron chi connectivity index (χ3n) is 4.79. The topological polar surface area (TPSA) is 45.8 Å². The highest BCUT2D eigenvalue weighted by atomic mass is 35.5. The first kappa shape index (κ1) is 22.7. The van der Waals surface area contributed by atoms with E-state index in [2.05, 4.69) is 13.8 Å². The van der Waals surface area contributed by atoms with E-state index in [1.54, 1.807) is 23.1 Å². The second-order valence-corrected chi connectivity index (χ2v) is 9.83. The average Bonchev–Trinajstić information content (AvgIpc) is 3.30. The molecule has 0 atom stereocenters. The van der Waals surface area contributed by atoms with Crippen LogP contribution in [0.5, 0.6) is 0 Å². The number of aliphatic imine (C=N–C) groups is 1. The van der Waals surface area contributed by atoms with Crippen molar-refractivity contribution in [1.82, 2.24) is 4.90 Å². The van der Waals surface area contributed by atoms with Crippen LogP contribution < -0.4 is 0 Å². The van der Waals surface area contributed by atoms with Gasteiger partial charge in [-0.25, -0.2) is 4.99 Å². The summed E-state index contributed by atoms with van der Waals surface area (Å²) in [5.41, 5.74) is 2.73. The minimum Gasteiger partial charge on any atom is -0.457 e. The van der Waals surface area contributed by atoms with E-state index in [0.717, 1.165) is 16.8 Å². The van der Waals surface area contributed by atoms with Crippen LogP contribution in [-0.2, 0) is 4.79 Å². The Morgan fingerprint density at radius 1 is 1.09 bits per heavy atom. The van der Waals surface area contributed by atoms with Crippen LogP contribution in [-0.4, -0.2) is 22.5 Å². The van der Waals surface area contributed by atoms with Crippen LogP contribution in [0.3, 0.4) is 0 Å². The van der Waals surface area contributed by atoms with Crippen molar-refractivity contribution in [2.75, 3.05) is 6.54 Å². The number of rotatable bonds is 5. The van der Waals surface area contributed by atoms with Crippen LogP contribution >= 0.6 is 35.0 Å². The van der Waals surface area contributed by atoms with Gasteiger partial charge < -0.3 is 4.42 Å². The van der Waals surface area contributed by atoms with Crippen molar-refractivity contribution in [1.29, 1.82) is 0 Å². The lowest BCUT2D eigenvalue weighted by Gasteiger charge is -2.17. The Morgan fingerprint density at radius 3 is 2.53 bits per heavy atom. The Morgan fingerprint density at radius 2 is 1.84 bits per heavy atom. The molecule has 1 aromatic heterocycles. The maximum Gasteiger partial charge on any atom is 0.266 e. The summed E-state index contributed by atoms with van der Waals surface area (Å²) in [6.45, 7) is 6.79. The SMILES string of the molecule is Cc1ccc(N=C2S/C(=C/c3ccc(-c4ccc(Cl)cc4Cl)o3)C(=O)N2CC(C)C)cc1. The van der Waals surface area contributed by atoms with Gasteiger partial charge in [0.05, 0.1) is 15.6 Å². The molecule has 0 unspecified atom stereocenters. The molecule has 4 nitrogen and oxygen atoms in total. The van der Waals surface area contributed by atoms with Gasteiger partial charge in [0, 0.05) is 23.2 Å². The van der Waals surface area contributed by atoms with Gasteiger partial charge >= 0.3 is 0 Å². The molecule has 3 aromatic rings. The van der Waals surface area contributed by atoms with Gasteiger partial charge in [-0.3, -0.25) is 9.69 Å². The highest BCUT2D eigenvalue weighted by molar-refractivity contribution is 8.18. The minimum atomic E-state index is -0.0722. The third kappa shape index (κ3) is 5.12. The summed E-state index contributed by atoms with van der Waals surface area (Å²) in [6, 6.07) is 16.8. The summed E-state index contributed by atoms with van der Waals surface area (Å²) in [7, 11) is 0. The second-order valence-electron chi connectivity index (χ2n) is 7.98. The van der Waals surface area contributed by atoms with Gasteiger partial charge in [-0.15, -0.1) is 0 Å². The van der Waals surface area contributed by atoms with Gasteiger partial charge in [-0.2, -0.15) is 0 Å². The summed E-state index contributed by atoms with van der Waals surface area (Å²) in [5, 5.41) is 1.74. The maximum atomic E-state index is 13.1. The Kier molecular flexibility index (Phi) is 6.79. The van der Waals surface area contributed by atoms with Crippen LogP contribution in [0.4, 0.5) is 5.69 Å². The molecule has 0 aliphatic carbocycles. The number of amidine groups is 1. The number of halogens is 2. The largest absolute Gasteiger partial charge is 0.457 e. The minimum absolute atomic E-state index is 0.0722. The number of hydrogen-bond donors (Lipinski definition) is 0. The predicted molar refractivity (Wildman–Crippen MR) is 135 cm³/mol. The van der Waals surface area contributed by atoms with Crippen molar-refractivity contribution in [3.8, 4) is 11.3 Å². The van der Waals surface area contributed by atoms with Crippen molar-refractivity contribution in [3.63, 3.8) is 0 Å². The molecule has 1 aliphatic heterocycles. The highest BCUT2D eigenvalue weighted by Gasteiger charge is 2.34. The molecule has 1 saturated heterocycles. The molecule has 0 spiro atoms. The number of hydrogen-bond acceptors (Lipinski definition) is 4. The average molecular weight is 485 g/mol. The van der Waals surface area contributed by atoms with Crippen molar-refractivity contribution in [2.24, 2.45) is 10.9 Å². The molecule has 1 amide bonds. The summed E-state index contributed by atoms with van der Waals surface area (Å²) >= 11 is 13.6. The van der Waals surface area contributed by atoms with Crippen molar-refractivity contribution >= 4 is 57.8 Å². The molecular formula is C25H22Cl2N2O2S. The lowest BCUT2D eigenvalue weighted by Crippen LogP contribution is -2.32. The van der Waals surface area contributed by atoms with Crippen LogP contribution in [0.15, 0.2) is 68.9 Å². The number of benzene rings is 2. The molecule has 2 heterocycles. The number of nitrogens with zero attached hydrogens (tertiary/aromatic N) is 2. The Bertz CT molecular complexity index is 1210. The molecule has 0 saturated carbocycles. The van der Waals surface area contributed by atoms with Crippen LogP contribution in [0.2, 0.25) is 10.0 Å². The van der Waals surface area contributed by atoms with Gasteiger partial charge in [-0.1, -0.05) is 54.7 Å². The van der Waals surface area contributed by atoms with E-state index in [4.69, 9.17) is 32.6 Å². The fourth-order valence-electron chi connectivity index (χ4n) is 3.24. The van der Waals surface area contributed by atoms with E-state index >= 15 is 0 Å². The lowest BCUT2D eigenvalue weighted by molar-refractivity contribution is -0.122. The van der Waals surface area contributed by atoms with E-state index in [9.17, 15) is 4.79 Å². The third-order valence-corrected chi connectivity index (χ3v) is 6.35. The molecular weight excluding hydrogens is 463 g/mol. The molecule has 2 aromatic carbocycles. The fraction of sp³-hybridized carbons (Fsp3) is 0.200. The number of amides is 1. The van der Waals surface area contributed by atoms with E-state index in [1.807, 2.05) is 49.4 Å². The Labute approximate surface area is 201 Å². The quantitative estimate of drug-likeness (QED) is 0.346. The smallest absolute Gasteiger partial charge is 0.266 e. The van der Waals surface area contributed by atoms with Crippen molar-refractivity contribution in [3.05, 3.63) is 80.9 Å². The summed E-state index contributed by atoms with van der Waals surface area (Å²) in [6.07, 6.45) is 1.76. The van der Waals surface area contributed by atoms with Crippen LogP contribution in [0.1, 0.15) is 25.2 Å². The molecule has 1 aliphatic rings. The Balaban J connectivity index is 1.64. The van der Waals surface area contributed by atoms with E-state index in [0.29, 0.717) is 44.1 Å². The molecule has 0 bridgehead atoms. The number of carbonyl (C=O) groups is 1. The summed E-state index contributed by atoms with van der Waals surface area (Å²) in [4.78, 5) is 20.2. The van der Waals surface area contributed by atoms with E-state index < -0.39 is 0 Å². The van der Waals surface area contributed by atoms with Gasteiger partial charge in [0.15, 0.2) is 5.17 Å². The zero-order valence-corrected chi connectivity index (χ0v) is 20.3. The van der Waals surface area contributed by atoms with Crippen LogP contribution in [0.25, 0.3) is 17.4 Å². The molecule has 7 heteroatoms. The zero-order valence-electron chi connectivity index (χ0n) is 17.9.